The molecule has 0 bridgehead atoms. The van der Waals surface area contributed by atoms with Crippen molar-refractivity contribution < 1.29 is 24.4 Å². The number of hydrogen-bond acceptors (Lipinski definition) is 5. The Morgan fingerprint density at radius 1 is 0.660 bits per heavy atom. The number of aryl methyl sites for hydroxylation is 1. The number of unbranched alkanes of at least 4 members (excludes halogenated alkanes) is 4. The van der Waals surface area contributed by atoms with Crippen LogP contribution in [0.25, 0.3) is 0 Å². The van der Waals surface area contributed by atoms with E-state index in [0.717, 1.165) is 79.6 Å². The van der Waals surface area contributed by atoms with Crippen molar-refractivity contribution in [2.45, 2.75) is 136 Å². The maximum atomic E-state index is 11.4. The molecule has 260 valence electrons. The molecule has 3 rings (SSSR count). The first-order chi connectivity index (χ1) is 22.5. The van der Waals surface area contributed by atoms with Crippen LogP contribution in [-0.2, 0) is 22.4 Å². The van der Waals surface area contributed by atoms with Gasteiger partial charge in [0.25, 0.3) is 0 Å². The smallest absolute Gasteiger partial charge is 0.119 e. The van der Waals surface area contributed by atoms with Crippen LogP contribution < -0.4 is 9.47 Å². The highest BCUT2D eigenvalue weighted by molar-refractivity contribution is 5.32. The van der Waals surface area contributed by atoms with Crippen molar-refractivity contribution in [3.05, 3.63) is 95.1 Å². The van der Waals surface area contributed by atoms with Crippen LogP contribution in [0, 0.1) is 5.92 Å². The van der Waals surface area contributed by atoms with Gasteiger partial charge in [-0.2, -0.15) is 0 Å². The number of rotatable bonds is 22. The minimum atomic E-state index is -1.17. The zero-order chi connectivity index (χ0) is 34.3. The van der Waals surface area contributed by atoms with Gasteiger partial charge in [0.15, 0.2) is 0 Å². The molecule has 0 saturated heterocycles. The van der Waals surface area contributed by atoms with Gasteiger partial charge in [-0.1, -0.05) is 101 Å². The summed E-state index contributed by atoms with van der Waals surface area (Å²) in [7, 11) is 0. The van der Waals surface area contributed by atoms with Gasteiger partial charge < -0.3 is 24.4 Å². The third-order valence-corrected chi connectivity index (χ3v) is 9.44. The van der Waals surface area contributed by atoms with Crippen LogP contribution in [0.5, 0.6) is 11.5 Å². The van der Waals surface area contributed by atoms with E-state index in [-0.39, 0.29) is 0 Å². The molecule has 3 aromatic rings. The zero-order valence-electron chi connectivity index (χ0n) is 30.3. The highest BCUT2D eigenvalue weighted by Gasteiger charge is 2.36. The lowest BCUT2D eigenvalue weighted by Crippen LogP contribution is -2.41. The predicted octanol–water partition coefficient (Wildman–Crippen LogP) is 10.5. The Kier molecular flexibility index (Phi) is 15.8. The van der Waals surface area contributed by atoms with Gasteiger partial charge in [0, 0.05) is 0 Å². The van der Waals surface area contributed by atoms with Crippen molar-refractivity contribution in [1.82, 2.24) is 0 Å². The lowest BCUT2D eigenvalue weighted by molar-refractivity contribution is -0.157. The molecule has 5 nitrogen and oxygen atoms in total. The molecule has 0 aliphatic heterocycles. The minimum absolute atomic E-state index is 0.392. The van der Waals surface area contributed by atoms with Crippen LogP contribution in [0.3, 0.4) is 0 Å². The molecular weight excluding hydrogens is 584 g/mol. The van der Waals surface area contributed by atoms with Crippen molar-refractivity contribution in [2.75, 3.05) is 13.2 Å². The summed E-state index contributed by atoms with van der Waals surface area (Å²) in [4.78, 5) is 0. The molecule has 2 N–H and O–H groups in total. The maximum absolute atomic E-state index is 11.4. The Morgan fingerprint density at radius 3 is 1.79 bits per heavy atom. The molecule has 0 radical (unpaired) electrons. The van der Waals surface area contributed by atoms with E-state index < -0.39 is 23.4 Å². The summed E-state index contributed by atoms with van der Waals surface area (Å²) in [5.74, 6) is 2.14. The van der Waals surface area contributed by atoms with Crippen LogP contribution >= 0.6 is 0 Å². The molecule has 4 unspecified atom stereocenters. The Labute approximate surface area is 285 Å². The molecule has 47 heavy (non-hydrogen) atoms. The number of ether oxygens (including phenoxy) is 3. The number of hydrogen-bond donors (Lipinski definition) is 2. The third-order valence-electron chi connectivity index (χ3n) is 9.44. The highest BCUT2D eigenvalue weighted by atomic mass is 16.5. The average molecular weight is 647 g/mol. The third kappa shape index (κ3) is 12.6. The second-order valence-corrected chi connectivity index (χ2v) is 14.1. The van der Waals surface area contributed by atoms with E-state index in [9.17, 15) is 10.2 Å². The molecule has 5 heteroatoms. The standard InChI is InChI=1S/C42H62O5/c1-8-10-16-34-17-19-35(20-18-34)40(43)31-32(3)15-13-12-14-30-46-38-25-21-36(22-26-38)41(5,6)47-33(4)42(7,44)37-23-27-39(28-24-37)45-29-11-9-2/h17-28,32-33,40,43-44H,8-16,29-31H2,1-7H3. The van der Waals surface area contributed by atoms with Crippen molar-refractivity contribution in [1.29, 1.82) is 0 Å². The summed E-state index contributed by atoms with van der Waals surface area (Å²) >= 11 is 0. The predicted molar refractivity (Wildman–Crippen MR) is 194 cm³/mol. The Bertz CT molecular complexity index is 1260. The number of benzene rings is 3. The summed E-state index contributed by atoms with van der Waals surface area (Å²) in [6.45, 7) is 15.8. The molecule has 0 amide bonds. The zero-order valence-corrected chi connectivity index (χ0v) is 30.3. The van der Waals surface area contributed by atoms with E-state index >= 15 is 0 Å². The number of aliphatic hydroxyl groups excluding tert-OH is 1. The molecule has 0 aromatic heterocycles. The summed E-state index contributed by atoms with van der Waals surface area (Å²) in [6, 6.07) is 24.3. The minimum Gasteiger partial charge on any atom is -0.494 e. The van der Waals surface area contributed by atoms with Crippen LogP contribution in [-0.4, -0.2) is 29.5 Å². The fraction of sp³-hybridized carbons (Fsp3) is 0.571. The quantitative estimate of drug-likeness (QED) is 0.106. The van der Waals surface area contributed by atoms with Crippen LogP contribution in [0.4, 0.5) is 0 Å². The Morgan fingerprint density at radius 2 is 1.21 bits per heavy atom. The monoisotopic (exact) mass is 646 g/mol. The van der Waals surface area contributed by atoms with Gasteiger partial charge in [0.1, 0.15) is 17.1 Å². The van der Waals surface area contributed by atoms with Crippen molar-refractivity contribution in [3.8, 4) is 11.5 Å². The topological polar surface area (TPSA) is 68.2 Å². The van der Waals surface area contributed by atoms with Crippen LogP contribution in [0.1, 0.15) is 135 Å². The van der Waals surface area contributed by atoms with Crippen molar-refractivity contribution >= 4 is 0 Å². The van der Waals surface area contributed by atoms with Gasteiger partial charge in [0.05, 0.1) is 31.0 Å². The van der Waals surface area contributed by atoms with Gasteiger partial charge in [-0.25, -0.2) is 0 Å². The molecule has 0 fully saturated rings. The summed E-state index contributed by atoms with van der Waals surface area (Å²) in [5.41, 5.74) is 2.43. The molecule has 0 aliphatic carbocycles. The highest BCUT2D eigenvalue weighted by Crippen LogP contribution is 2.35. The van der Waals surface area contributed by atoms with Crippen LogP contribution in [0.2, 0.25) is 0 Å². The first-order valence-electron chi connectivity index (χ1n) is 18.1. The van der Waals surface area contributed by atoms with E-state index in [0.29, 0.717) is 19.1 Å². The molecular formula is C42H62O5. The van der Waals surface area contributed by atoms with Gasteiger partial charge >= 0.3 is 0 Å². The first kappa shape index (κ1) is 38.6. The van der Waals surface area contributed by atoms with Crippen molar-refractivity contribution in [2.24, 2.45) is 5.92 Å². The summed E-state index contributed by atoms with van der Waals surface area (Å²) < 4.78 is 18.3. The largest absolute Gasteiger partial charge is 0.494 e. The maximum Gasteiger partial charge on any atom is 0.119 e. The van der Waals surface area contributed by atoms with Crippen molar-refractivity contribution in [3.63, 3.8) is 0 Å². The van der Waals surface area contributed by atoms with Gasteiger partial charge in [0.2, 0.25) is 0 Å². The molecule has 3 aromatic carbocycles. The van der Waals surface area contributed by atoms with Gasteiger partial charge in [-0.05, 0) is 112 Å². The van der Waals surface area contributed by atoms with E-state index in [1.807, 2.05) is 69.3 Å². The molecule has 0 heterocycles. The molecule has 4 atom stereocenters. The van der Waals surface area contributed by atoms with Crippen LogP contribution in [0.15, 0.2) is 72.8 Å². The fourth-order valence-corrected chi connectivity index (χ4v) is 5.92. The number of aliphatic hydroxyl groups is 2. The lowest BCUT2D eigenvalue weighted by atomic mass is 9.89. The fourth-order valence-electron chi connectivity index (χ4n) is 5.92. The summed E-state index contributed by atoms with van der Waals surface area (Å²) in [5, 5.41) is 22.1. The van der Waals surface area contributed by atoms with Gasteiger partial charge in [-0.3, -0.25) is 0 Å². The normalized spacial score (nSPS) is 15.1. The SMILES string of the molecule is CCCCOc1ccc(C(C)(O)C(C)OC(C)(C)c2ccc(OCCCCCC(C)CC(O)c3ccc(CCCC)cc3)cc2)cc1. The van der Waals surface area contributed by atoms with E-state index in [1.54, 1.807) is 6.92 Å². The molecule has 0 spiro atoms. The second kappa shape index (κ2) is 19.2. The lowest BCUT2D eigenvalue weighted by Gasteiger charge is -2.37. The molecule has 0 aliphatic rings. The van der Waals surface area contributed by atoms with E-state index in [4.69, 9.17) is 14.2 Å². The average Bonchev–Trinajstić information content (AvgIpc) is 3.06. The van der Waals surface area contributed by atoms with E-state index in [1.165, 1.54) is 18.4 Å². The van der Waals surface area contributed by atoms with E-state index in [2.05, 4.69) is 45.0 Å². The second-order valence-electron chi connectivity index (χ2n) is 14.1. The Hall–Kier alpha value is -2.86. The van der Waals surface area contributed by atoms with Gasteiger partial charge in [-0.15, -0.1) is 0 Å². The molecule has 0 saturated carbocycles. The summed E-state index contributed by atoms with van der Waals surface area (Å²) in [6.07, 6.45) is 9.96. The Balaban J connectivity index is 1.37. The first-order valence-corrected chi connectivity index (χ1v) is 18.1.